The van der Waals surface area contributed by atoms with E-state index in [4.69, 9.17) is 0 Å². The molecule has 1 heterocycles. The van der Waals surface area contributed by atoms with Crippen molar-refractivity contribution in [2.45, 2.75) is 13.5 Å². The van der Waals surface area contributed by atoms with Crippen LogP contribution in [0.15, 0.2) is 66.7 Å². The number of anilines is 1. The van der Waals surface area contributed by atoms with Crippen LogP contribution in [0.2, 0.25) is 0 Å². The zero-order valence-electron chi connectivity index (χ0n) is 13.4. The van der Waals surface area contributed by atoms with E-state index in [0.29, 0.717) is 11.5 Å². The van der Waals surface area contributed by atoms with Gasteiger partial charge in [0.2, 0.25) is 5.95 Å². The average Bonchev–Trinajstić information content (AvgIpc) is 2.98. The SMILES string of the molecule is CCn1c(NC(=O)c2cccc3ccccc23)nc2ccccc21. The summed E-state index contributed by atoms with van der Waals surface area (Å²) in [5, 5.41) is 4.96. The summed E-state index contributed by atoms with van der Waals surface area (Å²) in [5.74, 6) is 0.438. The van der Waals surface area contributed by atoms with Crippen molar-refractivity contribution in [2.24, 2.45) is 0 Å². The number of carbonyl (C=O) groups excluding carboxylic acids is 1. The van der Waals surface area contributed by atoms with Gasteiger partial charge < -0.3 is 4.57 Å². The zero-order chi connectivity index (χ0) is 16.5. The van der Waals surface area contributed by atoms with E-state index in [9.17, 15) is 4.79 Å². The Morgan fingerprint density at radius 1 is 1.00 bits per heavy atom. The molecule has 1 amide bonds. The van der Waals surface area contributed by atoms with E-state index in [2.05, 4.69) is 10.3 Å². The molecule has 0 saturated heterocycles. The lowest BCUT2D eigenvalue weighted by molar-refractivity contribution is 0.102. The molecule has 24 heavy (non-hydrogen) atoms. The summed E-state index contributed by atoms with van der Waals surface area (Å²) in [5.41, 5.74) is 2.56. The van der Waals surface area contributed by atoms with Crippen LogP contribution in [0.25, 0.3) is 21.8 Å². The lowest BCUT2D eigenvalue weighted by Gasteiger charge is -2.09. The van der Waals surface area contributed by atoms with Gasteiger partial charge in [0.05, 0.1) is 11.0 Å². The number of amides is 1. The third-order valence-electron chi connectivity index (χ3n) is 4.23. The van der Waals surface area contributed by atoms with E-state index in [0.717, 1.165) is 28.4 Å². The van der Waals surface area contributed by atoms with Gasteiger partial charge in [0, 0.05) is 12.1 Å². The summed E-state index contributed by atoms with van der Waals surface area (Å²) in [6, 6.07) is 21.5. The summed E-state index contributed by atoms with van der Waals surface area (Å²) in [4.78, 5) is 17.4. The number of aromatic nitrogens is 2. The van der Waals surface area contributed by atoms with Crippen LogP contribution in [0.1, 0.15) is 17.3 Å². The van der Waals surface area contributed by atoms with Gasteiger partial charge >= 0.3 is 0 Å². The number of fused-ring (bicyclic) bond motifs is 2. The molecule has 0 bridgehead atoms. The van der Waals surface area contributed by atoms with Gasteiger partial charge in [-0.25, -0.2) is 4.98 Å². The summed E-state index contributed by atoms with van der Waals surface area (Å²) >= 11 is 0. The molecule has 0 atom stereocenters. The van der Waals surface area contributed by atoms with Crippen molar-refractivity contribution in [3.05, 3.63) is 72.3 Å². The lowest BCUT2D eigenvalue weighted by atomic mass is 10.0. The fourth-order valence-corrected chi connectivity index (χ4v) is 3.08. The second kappa shape index (κ2) is 5.81. The molecule has 0 spiro atoms. The van der Waals surface area contributed by atoms with E-state index in [-0.39, 0.29) is 5.91 Å². The molecule has 3 aromatic carbocycles. The second-order valence-corrected chi connectivity index (χ2v) is 5.65. The van der Waals surface area contributed by atoms with Crippen molar-refractivity contribution < 1.29 is 4.79 Å². The van der Waals surface area contributed by atoms with Crippen molar-refractivity contribution in [3.63, 3.8) is 0 Å². The highest BCUT2D eigenvalue weighted by molar-refractivity contribution is 6.12. The van der Waals surface area contributed by atoms with Gasteiger partial charge in [-0.1, -0.05) is 48.5 Å². The first kappa shape index (κ1) is 14.5. The standard InChI is InChI=1S/C20H17N3O/c1-2-23-18-13-6-5-12-17(18)21-20(23)22-19(24)16-11-7-9-14-8-3-4-10-15(14)16/h3-13H,2H2,1H3,(H,21,22,24). The molecule has 4 heteroatoms. The van der Waals surface area contributed by atoms with Crippen molar-refractivity contribution in [1.82, 2.24) is 9.55 Å². The first-order chi connectivity index (χ1) is 11.8. The van der Waals surface area contributed by atoms with Crippen molar-refractivity contribution in [3.8, 4) is 0 Å². The molecule has 4 nitrogen and oxygen atoms in total. The predicted octanol–water partition coefficient (Wildman–Crippen LogP) is 4.46. The van der Waals surface area contributed by atoms with Crippen molar-refractivity contribution in [2.75, 3.05) is 5.32 Å². The Labute approximate surface area is 139 Å². The number of benzene rings is 3. The highest BCUT2D eigenvalue weighted by Gasteiger charge is 2.15. The Balaban J connectivity index is 1.76. The third kappa shape index (κ3) is 2.33. The van der Waals surface area contributed by atoms with Gasteiger partial charge in [0.25, 0.3) is 5.91 Å². The van der Waals surface area contributed by atoms with Crippen molar-refractivity contribution in [1.29, 1.82) is 0 Å². The fraction of sp³-hybridized carbons (Fsp3) is 0.100. The number of carbonyl (C=O) groups is 1. The number of nitrogens with one attached hydrogen (secondary N) is 1. The zero-order valence-corrected chi connectivity index (χ0v) is 13.4. The summed E-state index contributed by atoms with van der Waals surface area (Å²) < 4.78 is 2.01. The highest BCUT2D eigenvalue weighted by Crippen LogP contribution is 2.22. The van der Waals surface area contributed by atoms with Gasteiger partial charge in [-0.2, -0.15) is 0 Å². The quantitative estimate of drug-likeness (QED) is 0.606. The Morgan fingerprint density at radius 2 is 1.75 bits per heavy atom. The van der Waals surface area contributed by atoms with Gasteiger partial charge in [0.15, 0.2) is 0 Å². The molecule has 4 rings (SSSR count). The number of nitrogens with zero attached hydrogens (tertiary/aromatic N) is 2. The smallest absolute Gasteiger partial charge is 0.258 e. The number of rotatable bonds is 3. The molecular formula is C20H17N3O. The summed E-state index contributed by atoms with van der Waals surface area (Å²) in [6.07, 6.45) is 0. The average molecular weight is 315 g/mol. The molecule has 1 N–H and O–H groups in total. The Hall–Kier alpha value is -3.14. The molecule has 0 unspecified atom stereocenters. The number of imidazole rings is 1. The molecule has 0 aliphatic carbocycles. The minimum atomic E-state index is -0.142. The molecule has 0 fully saturated rings. The largest absolute Gasteiger partial charge is 0.310 e. The van der Waals surface area contributed by atoms with E-state index in [1.165, 1.54) is 0 Å². The minimum Gasteiger partial charge on any atom is -0.310 e. The normalized spacial score (nSPS) is 11.0. The maximum atomic E-state index is 12.8. The predicted molar refractivity (Wildman–Crippen MR) is 97.3 cm³/mol. The molecule has 1 aromatic heterocycles. The fourth-order valence-electron chi connectivity index (χ4n) is 3.08. The number of aryl methyl sites for hydroxylation is 1. The molecular weight excluding hydrogens is 298 g/mol. The van der Waals surface area contributed by atoms with Crippen LogP contribution < -0.4 is 5.32 Å². The Morgan fingerprint density at radius 3 is 2.62 bits per heavy atom. The van der Waals surface area contributed by atoms with Crippen LogP contribution in [0.4, 0.5) is 5.95 Å². The maximum absolute atomic E-state index is 12.8. The molecule has 0 radical (unpaired) electrons. The first-order valence-electron chi connectivity index (χ1n) is 8.02. The van der Waals surface area contributed by atoms with Gasteiger partial charge in [-0.15, -0.1) is 0 Å². The van der Waals surface area contributed by atoms with Crippen LogP contribution in [-0.4, -0.2) is 15.5 Å². The van der Waals surface area contributed by atoms with Crippen LogP contribution in [0, 0.1) is 0 Å². The van der Waals surface area contributed by atoms with Crippen LogP contribution in [0.5, 0.6) is 0 Å². The van der Waals surface area contributed by atoms with Crippen LogP contribution in [0.3, 0.4) is 0 Å². The lowest BCUT2D eigenvalue weighted by Crippen LogP contribution is -2.16. The number of para-hydroxylation sites is 2. The number of hydrogen-bond acceptors (Lipinski definition) is 2. The molecule has 0 aliphatic heterocycles. The Bertz CT molecular complexity index is 1040. The molecule has 4 aromatic rings. The van der Waals surface area contributed by atoms with E-state index >= 15 is 0 Å². The van der Waals surface area contributed by atoms with Gasteiger partial charge in [-0.05, 0) is 35.9 Å². The van der Waals surface area contributed by atoms with E-state index < -0.39 is 0 Å². The summed E-state index contributed by atoms with van der Waals surface area (Å²) in [7, 11) is 0. The van der Waals surface area contributed by atoms with Crippen LogP contribution >= 0.6 is 0 Å². The maximum Gasteiger partial charge on any atom is 0.258 e. The number of hydrogen-bond donors (Lipinski definition) is 1. The topological polar surface area (TPSA) is 46.9 Å². The van der Waals surface area contributed by atoms with E-state index in [1.807, 2.05) is 78.2 Å². The molecule has 0 saturated carbocycles. The second-order valence-electron chi connectivity index (χ2n) is 5.65. The van der Waals surface area contributed by atoms with Crippen LogP contribution in [-0.2, 0) is 6.54 Å². The third-order valence-corrected chi connectivity index (χ3v) is 4.23. The molecule has 118 valence electrons. The monoisotopic (exact) mass is 315 g/mol. The molecule has 0 aliphatic rings. The van der Waals surface area contributed by atoms with Gasteiger partial charge in [-0.3, -0.25) is 10.1 Å². The highest BCUT2D eigenvalue weighted by atomic mass is 16.1. The summed E-state index contributed by atoms with van der Waals surface area (Å²) in [6.45, 7) is 2.79. The first-order valence-corrected chi connectivity index (χ1v) is 8.02. The van der Waals surface area contributed by atoms with Gasteiger partial charge in [0.1, 0.15) is 0 Å². The van der Waals surface area contributed by atoms with Crippen molar-refractivity contribution >= 4 is 33.7 Å². The van der Waals surface area contributed by atoms with E-state index in [1.54, 1.807) is 0 Å². The Kier molecular flexibility index (Phi) is 3.50. The minimum absolute atomic E-state index is 0.142.